The smallest absolute Gasteiger partial charge is 0.387 e. The minimum absolute atomic E-state index is 0.0656. The fraction of sp³-hybridized carbons (Fsp3) is 0.325. The van der Waals surface area contributed by atoms with Gasteiger partial charge in [0.1, 0.15) is 35.2 Å². The molecular formula is C40H36F4N4O6. The summed E-state index contributed by atoms with van der Waals surface area (Å²) >= 11 is 0. The van der Waals surface area contributed by atoms with E-state index < -0.39 is 30.3 Å². The molecule has 10 nitrogen and oxygen atoms in total. The standard InChI is InChI=1S/C40H36F4N4O6/c1-21-24(26-10-6-11-27(35(26)50-2)38-47-30-16-22(19-48-14-3-4-15-48)33(41)34(42)36(30)54-38)8-5-9-25(21)37-46-29-17-23(20-51-39(49)28-12-7-13-45-28)31(53-40(43)44)18-32(29)52-37/h5-6,8-11,16-18,28,40,45H,3-4,7,12-15,19-20H2,1-2H3/t28-/m0/s1. The van der Waals surface area contributed by atoms with Crippen LogP contribution in [-0.2, 0) is 22.7 Å². The first-order valence-corrected chi connectivity index (χ1v) is 17.7. The molecule has 2 aromatic heterocycles. The maximum Gasteiger partial charge on any atom is 0.387 e. The van der Waals surface area contributed by atoms with Gasteiger partial charge in [-0.05, 0) is 87.6 Å². The predicted molar refractivity (Wildman–Crippen MR) is 191 cm³/mol. The SMILES string of the molecule is COc1c(-c2nc3cc(CN4CCCC4)c(F)c(F)c3o2)cccc1-c1cccc(-c2nc3cc(COC(=O)[C@@H]4CCCN4)c(OC(F)F)cc3o2)c1C. The number of hydrogen-bond donors (Lipinski definition) is 1. The average Bonchev–Trinajstić information content (AvgIpc) is 4.00. The van der Waals surface area contributed by atoms with Gasteiger partial charge in [0.2, 0.25) is 17.6 Å². The van der Waals surface area contributed by atoms with Gasteiger partial charge in [0.25, 0.3) is 0 Å². The van der Waals surface area contributed by atoms with Crippen LogP contribution in [0.5, 0.6) is 11.5 Å². The van der Waals surface area contributed by atoms with Crippen molar-refractivity contribution in [2.24, 2.45) is 0 Å². The van der Waals surface area contributed by atoms with E-state index in [1.54, 1.807) is 12.1 Å². The number of carbonyl (C=O) groups excluding carboxylic acids is 1. The molecule has 2 saturated heterocycles. The number of aromatic nitrogens is 2. The molecule has 4 heterocycles. The van der Waals surface area contributed by atoms with E-state index in [1.807, 2.05) is 31.2 Å². The van der Waals surface area contributed by atoms with Crippen LogP contribution in [0.3, 0.4) is 0 Å². The molecule has 0 bridgehead atoms. The lowest BCUT2D eigenvalue weighted by Crippen LogP contribution is -2.32. The second-order valence-corrected chi connectivity index (χ2v) is 13.5. The maximum absolute atomic E-state index is 15.3. The van der Waals surface area contributed by atoms with Gasteiger partial charge >= 0.3 is 12.6 Å². The normalized spacial score (nSPS) is 16.2. The van der Waals surface area contributed by atoms with Crippen LogP contribution in [0.15, 0.2) is 63.4 Å². The van der Waals surface area contributed by atoms with Gasteiger partial charge in [0.05, 0.1) is 12.7 Å². The summed E-state index contributed by atoms with van der Waals surface area (Å²) in [5, 5.41) is 3.06. The molecule has 2 fully saturated rings. The molecule has 2 aliphatic heterocycles. The Bertz CT molecular complexity index is 2360. The number of para-hydroxylation sites is 1. The minimum Gasteiger partial charge on any atom is -0.495 e. The Labute approximate surface area is 307 Å². The van der Waals surface area contributed by atoms with Crippen molar-refractivity contribution in [3.63, 3.8) is 0 Å². The molecule has 2 aliphatic rings. The zero-order chi connectivity index (χ0) is 37.5. The number of rotatable bonds is 11. The third-order valence-electron chi connectivity index (χ3n) is 10.0. The number of fused-ring (bicyclic) bond motifs is 2. The Morgan fingerprint density at radius 1 is 0.907 bits per heavy atom. The van der Waals surface area contributed by atoms with E-state index in [1.165, 1.54) is 25.3 Å². The van der Waals surface area contributed by atoms with Gasteiger partial charge in [-0.3, -0.25) is 9.69 Å². The number of oxazole rings is 2. The number of hydrogen-bond acceptors (Lipinski definition) is 10. The van der Waals surface area contributed by atoms with Crippen LogP contribution >= 0.6 is 0 Å². The topological polar surface area (TPSA) is 112 Å². The van der Waals surface area contributed by atoms with Crippen molar-refractivity contribution >= 4 is 28.2 Å². The van der Waals surface area contributed by atoms with Crippen molar-refractivity contribution in [2.45, 2.75) is 58.4 Å². The van der Waals surface area contributed by atoms with Crippen LogP contribution in [0.25, 0.3) is 56.2 Å². The highest BCUT2D eigenvalue weighted by atomic mass is 19.3. The van der Waals surface area contributed by atoms with E-state index in [0.29, 0.717) is 40.9 Å². The molecule has 0 saturated carbocycles. The number of esters is 1. The number of nitrogens with one attached hydrogen (secondary N) is 1. The summed E-state index contributed by atoms with van der Waals surface area (Å²) < 4.78 is 85.3. The lowest BCUT2D eigenvalue weighted by Gasteiger charge is -2.15. The highest BCUT2D eigenvalue weighted by Gasteiger charge is 2.27. The molecule has 1 atom stereocenters. The predicted octanol–water partition coefficient (Wildman–Crippen LogP) is 8.56. The molecule has 14 heteroatoms. The zero-order valence-electron chi connectivity index (χ0n) is 29.5. The number of benzene rings is 4. The Hall–Kier alpha value is -5.47. The van der Waals surface area contributed by atoms with E-state index in [4.69, 9.17) is 23.0 Å². The molecule has 0 radical (unpaired) electrons. The lowest BCUT2D eigenvalue weighted by atomic mass is 9.94. The van der Waals surface area contributed by atoms with Gasteiger partial charge in [0.15, 0.2) is 17.0 Å². The minimum atomic E-state index is -3.12. The quantitative estimate of drug-likeness (QED) is 0.102. The summed E-state index contributed by atoms with van der Waals surface area (Å²) in [7, 11) is 1.50. The van der Waals surface area contributed by atoms with E-state index in [0.717, 1.165) is 43.5 Å². The maximum atomic E-state index is 15.3. The van der Waals surface area contributed by atoms with Gasteiger partial charge < -0.3 is 28.4 Å². The monoisotopic (exact) mass is 744 g/mol. The van der Waals surface area contributed by atoms with Crippen molar-refractivity contribution < 1.29 is 45.4 Å². The van der Waals surface area contributed by atoms with Crippen molar-refractivity contribution in [1.82, 2.24) is 20.2 Å². The van der Waals surface area contributed by atoms with E-state index in [9.17, 15) is 13.6 Å². The van der Waals surface area contributed by atoms with E-state index in [2.05, 4.69) is 20.2 Å². The van der Waals surface area contributed by atoms with Gasteiger partial charge in [-0.15, -0.1) is 0 Å². The number of halogens is 4. The van der Waals surface area contributed by atoms with Crippen LogP contribution in [0.4, 0.5) is 17.6 Å². The summed E-state index contributed by atoms with van der Waals surface area (Å²) in [6, 6.07) is 14.8. The van der Waals surface area contributed by atoms with Crippen LogP contribution in [0, 0.1) is 18.6 Å². The summed E-state index contributed by atoms with van der Waals surface area (Å²) in [6.45, 7) is 1.11. The second kappa shape index (κ2) is 14.7. The Morgan fingerprint density at radius 3 is 2.35 bits per heavy atom. The van der Waals surface area contributed by atoms with Crippen molar-refractivity contribution in [1.29, 1.82) is 0 Å². The lowest BCUT2D eigenvalue weighted by molar-refractivity contribution is -0.147. The first kappa shape index (κ1) is 35.6. The largest absolute Gasteiger partial charge is 0.495 e. The highest BCUT2D eigenvalue weighted by molar-refractivity contribution is 5.87. The molecule has 280 valence electrons. The molecule has 4 aromatic carbocycles. The fourth-order valence-corrected chi connectivity index (χ4v) is 7.33. The first-order valence-electron chi connectivity index (χ1n) is 17.7. The number of nitrogens with zero attached hydrogens (tertiary/aromatic N) is 3. The van der Waals surface area contributed by atoms with Crippen LogP contribution in [-0.4, -0.2) is 60.2 Å². The van der Waals surface area contributed by atoms with Crippen molar-refractivity contribution in [2.75, 3.05) is 26.7 Å². The van der Waals surface area contributed by atoms with E-state index >= 15 is 8.78 Å². The highest BCUT2D eigenvalue weighted by Crippen LogP contribution is 2.43. The Kier molecular flexibility index (Phi) is 9.71. The Morgan fingerprint density at radius 2 is 1.61 bits per heavy atom. The summed E-state index contributed by atoms with van der Waals surface area (Å²) in [4.78, 5) is 23.8. The van der Waals surface area contributed by atoms with Crippen LogP contribution < -0.4 is 14.8 Å². The fourth-order valence-electron chi connectivity index (χ4n) is 7.33. The van der Waals surface area contributed by atoms with Crippen LogP contribution in [0.2, 0.25) is 0 Å². The number of alkyl halides is 2. The summed E-state index contributed by atoms with van der Waals surface area (Å²) in [5.41, 5.74) is 4.10. The average molecular weight is 745 g/mol. The molecule has 0 aliphatic carbocycles. The number of likely N-dealkylation sites (tertiary alicyclic amines) is 1. The number of ether oxygens (including phenoxy) is 3. The van der Waals surface area contributed by atoms with Crippen LogP contribution in [0.1, 0.15) is 42.4 Å². The van der Waals surface area contributed by atoms with Crippen molar-refractivity contribution in [3.05, 3.63) is 82.9 Å². The van der Waals surface area contributed by atoms with E-state index in [-0.39, 0.29) is 58.5 Å². The van der Waals surface area contributed by atoms with Gasteiger partial charge in [-0.25, -0.2) is 14.4 Å². The molecular weight excluding hydrogens is 708 g/mol. The van der Waals surface area contributed by atoms with Gasteiger partial charge in [0, 0.05) is 34.9 Å². The molecule has 54 heavy (non-hydrogen) atoms. The Balaban J connectivity index is 1.13. The molecule has 0 spiro atoms. The number of methoxy groups -OCH3 is 1. The van der Waals surface area contributed by atoms with Gasteiger partial charge in [-0.1, -0.05) is 24.3 Å². The third-order valence-corrected chi connectivity index (χ3v) is 10.0. The molecule has 1 N–H and O–H groups in total. The molecule has 8 rings (SSSR count). The van der Waals surface area contributed by atoms with Gasteiger partial charge in [-0.2, -0.15) is 13.2 Å². The summed E-state index contributed by atoms with van der Waals surface area (Å²) in [6.07, 6.45) is 3.52. The first-order chi connectivity index (χ1) is 26.2. The molecule has 0 amide bonds. The van der Waals surface area contributed by atoms with Crippen molar-refractivity contribution in [3.8, 4) is 45.5 Å². The molecule has 6 aromatic rings. The number of carbonyl (C=O) groups is 1. The third kappa shape index (κ3) is 6.75. The summed E-state index contributed by atoms with van der Waals surface area (Å²) in [5.74, 6) is -2.02. The second-order valence-electron chi connectivity index (χ2n) is 13.5. The molecule has 0 unspecified atom stereocenters. The zero-order valence-corrected chi connectivity index (χ0v) is 29.5.